The van der Waals surface area contributed by atoms with Crippen LogP contribution in [0.2, 0.25) is 0 Å². The Labute approximate surface area is 199 Å². The number of benzene rings is 1. The lowest BCUT2D eigenvalue weighted by Gasteiger charge is -2.32. The minimum atomic E-state index is -0.752. The first-order valence-electron chi connectivity index (χ1n) is 12.2. The first-order valence-corrected chi connectivity index (χ1v) is 12.2. The fraction of sp³-hybridized carbons (Fsp3) is 0.654. The molecule has 1 aromatic rings. The Morgan fingerprint density at radius 1 is 0.970 bits per heavy atom. The van der Waals surface area contributed by atoms with Crippen LogP contribution >= 0.6 is 0 Å². The van der Waals surface area contributed by atoms with Crippen molar-refractivity contribution in [3.8, 4) is 0 Å². The lowest BCUT2D eigenvalue weighted by molar-refractivity contribution is -0.140. The Bertz CT molecular complexity index is 758. The second-order valence-corrected chi connectivity index (χ2v) is 9.41. The van der Waals surface area contributed by atoms with Gasteiger partial charge in [0, 0.05) is 13.1 Å². The molecule has 7 heteroatoms. The molecule has 0 spiro atoms. The van der Waals surface area contributed by atoms with Gasteiger partial charge in [0.2, 0.25) is 11.8 Å². The van der Waals surface area contributed by atoms with Gasteiger partial charge < -0.3 is 20.3 Å². The van der Waals surface area contributed by atoms with E-state index in [1.165, 1.54) is 0 Å². The van der Waals surface area contributed by atoms with Gasteiger partial charge in [-0.05, 0) is 51.7 Å². The molecule has 1 atom stereocenters. The molecule has 0 saturated heterocycles. The summed E-state index contributed by atoms with van der Waals surface area (Å²) in [5.74, 6) is -0.505. The average Bonchev–Trinajstić information content (AvgIpc) is 2.74. The molecule has 0 aromatic heterocycles. The number of unbranched alkanes of at least 4 members (excludes halogenated alkanes) is 4. The predicted molar refractivity (Wildman–Crippen MR) is 132 cm³/mol. The van der Waals surface area contributed by atoms with Crippen LogP contribution < -0.4 is 10.6 Å². The van der Waals surface area contributed by atoms with Crippen molar-refractivity contribution in [2.24, 2.45) is 0 Å². The molecule has 0 bridgehead atoms. The Hall–Kier alpha value is -2.57. The predicted octanol–water partition coefficient (Wildman–Crippen LogP) is 4.89. The van der Waals surface area contributed by atoms with E-state index in [9.17, 15) is 14.4 Å². The highest BCUT2D eigenvalue weighted by molar-refractivity contribution is 5.90. The number of alkyl carbamates (subject to hydrolysis) is 1. The number of carbonyl (C=O) groups is 3. The summed E-state index contributed by atoms with van der Waals surface area (Å²) in [6, 6.07) is 6.89. The summed E-state index contributed by atoms with van der Waals surface area (Å²) in [5, 5.41) is 5.55. The summed E-state index contributed by atoms with van der Waals surface area (Å²) >= 11 is 0. The van der Waals surface area contributed by atoms with Crippen LogP contribution in [-0.2, 0) is 14.3 Å². The fourth-order valence-electron chi connectivity index (χ4n) is 3.50. The van der Waals surface area contributed by atoms with Gasteiger partial charge in [-0.3, -0.25) is 9.59 Å². The largest absolute Gasteiger partial charge is 0.444 e. The monoisotopic (exact) mass is 461 g/mol. The zero-order chi connectivity index (χ0) is 24.9. The summed E-state index contributed by atoms with van der Waals surface area (Å²) in [6.07, 6.45) is 5.09. The minimum absolute atomic E-state index is 0.196. The molecule has 186 valence electrons. The fourth-order valence-corrected chi connectivity index (χ4v) is 3.50. The number of nitrogens with zero attached hydrogens (tertiary/aromatic N) is 1. The van der Waals surface area contributed by atoms with Crippen molar-refractivity contribution < 1.29 is 19.1 Å². The third-order valence-electron chi connectivity index (χ3n) is 5.23. The molecule has 2 N–H and O–H groups in total. The smallest absolute Gasteiger partial charge is 0.408 e. The van der Waals surface area contributed by atoms with E-state index in [-0.39, 0.29) is 18.4 Å². The van der Waals surface area contributed by atoms with E-state index in [1.807, 2.05) is 31.2 Å². The molecule has 0 radical (unpaired) electrons. The van der Waals surface area contributed by atoms with Crippen molar-refractivity contribution in [3.63, 3.8) is 0 Å². The molecule has 0 saturated carbocycles. The third-order valence-corrected chi connectivity index (χ3v) is 5.23. The number of hydrogen-bond acceptors (Lipinski definition) is 4. The van der Waals surface area contributed by atoms with Gasteiger partial charge in [-0.15, -0.1) is 0 Å². The van der Waals surface area contributed by atoms with E-state index in [2.05, 4.69) is 24.5 Å². The maximum absolute atomic E-state index is 13.3. The van der Waals surface area contributed by atoms with Crippen molar-refractivity contribution in [2.75, 3.05) is 19.6 Å². The lowest BCUT2D eigenvalue weighted by atomic mass is 9.98. The van der Waals surface area contributed by atoms with Crippen LogP contribution in [0.15, 0.2) is 24.3 Å². The highest BCUT2D eigenvalue weighted by Crippen LogP contribution is 2.25. The number of amides is 3. The van der Waals surface area contributed by atoms with Crippen LogP contribution in [0.25, 0.3) is 0 Å². The summed E-state index contributed by atoms with van der Waals surface area (Å²) < 4.78 is 5.26. The Morgan fingerprint density at radius 2 is 1.64 bits per heavy atom. The van der Waals surface area contributed by atoms with Gasteiger partial charge in [0.25, 0.3) is 0 Å². The van der Waals surface area contributed by atoms with E-state index in [1.54, 1.807) is 25.7 Å². The molecule has 1 rings (SSSR count). The van der Waals surface area contributed by atoms with Crippen molar-refractivity contribution in [2.45, 2.75) is 91.7 Å². The van der Waals surface area contributed by atoms with Gasteiger partial charge in [0.15, 0.2) is 0 Å². The van der Waals surface area contributed by atoms with E-state index >= 15 is 0 Å². The molecule has 0 fully saturated rings. The molecule has 0 aliphatic heterocycles. The van der Waals surface area contributed by atoms with Crippen LogP contribution in [0.5, 0.6) is 0 Å². The molecule has 0 aliphatic carbocycles. The second kappa shape index (κ2) is 14.6. The number of ether oxygens (including phenoxy) is 1. The van der Waals surface area contributed by atoms with Crippen molar-refractivity contribution in [1.82, 2.24) is 15.5 Å². The zero-order valence-corrected chi connectivity index (χ0v) is 21.3. The Kier molecular flexibility index (Phi) is 12.6. The molecule has 0 aliphatic rings. The van der Waals surface area contributed by atoms with Gasteiger partial charge in [-0.1, -0.05) is 63.8 Å². The summed E-state index contributed by atoms with van der Waals surface area (Å²) in [7, 11) is 0. The maximum atomic E-state index is 13.3. The molecule has 3 amide bonds. The van der Waals surface area contributed by atoms with Crippen LogP contribution in [0.3, 0.4) is 0 Å². The number of aryl methyl sites for hydroxylation is 1. The number of rotatable bonds is 13. The van der Waals surface area contributed by atoms with Crippen LogP contribution in [0.4, 0.5) is 4.79 Å². The molecule has 1 unspecified atom stereocenters. The van der Waals surface area contributed by atoms with Gasteiger partial charge in [-0.25, -0.2) is 4.79 Å². The van der Waals surface area contributed by atoms with Crippen molar-refractivity contribution >= 4 is 17.9 Å². The highest BCUT2D eigenvalue weighted by atomic mass is 16.6. The summed E-state index contributed by atoms with van der Waals surface area (Å²) in [5.41, 5.74) is 1.09. The summed E-state index contributed by atoms with van der Waals surface area (Å²) in [6.45, 7) is 12.2. The van der Waals surface area contributed by atoms with E-state index < -0.39 is 17.7 Å². The third kappa shape index (κ3) is 10.7. The lowest BCUT2D eigenvalue weighted by Crippen LogP contribution is -2.48. The van der Waals surface area contributed by atoms with Crippen molar-refractivity contribution in [3.05, 3.63) is 35.4 Å². The second-order valence-electron chi connectivity index (χ2n) is 9.41. The summed E-state index contributed by atoms with van der Waals surface area (Å²) in [4.78, 5) is 40.3. The van der Waals surface area contributed by atoms with Crippen LogP contribution in [0, 0.1) is 6.92 Å². The molecular formula is C26H43N3O4. The minimum Gasteiger partial charge on any atom is -0.444 e. The first-order chi connectivity index (χ1) is 15.6. The quantitative estimate of drug-likeness (QED) is 0.410. The standard InChI is InChI=1S/C26H43N3O4/c1-7-9-11-14-18-29(22(30)19-28-25(32)33-26(4,5)6)23(24(31)27-17-10-8-2)21-16-13-12-15-20(21)3/h12-13,15-16,23H,7-11,14,17-19H2,1-6H3,(H,27,31)(H,28,32). The molecule has 33 heavy (non-hydrogen) atoms. The van der Waals surface area contributed by atoms with Gasteiger partial charge in [0.05, 0.1) is 0 Å². The Morgan fingerprint density at radius 3 is 2.24 bits per heavy atom. The maximum Gasteiger partial charge on any atom is 0.408 e. The van der Waals surface area contributed by atoms with Crippen LogP contribution in [-0.4, -0.2) is 48.0 Å². The Balaban J connectivity index is 3.15. The number of hydrogen-bond donors (Lipinski definition) is 2. The number of nitrogens with one attached hydrogen (secondary N) is 2. The number of carbonyl (C=O) groups excluding carboxylic acids is 3. The van der Waals surface area contributed by atoms with Crippen LogP contribution in [0.1, 0.15) is 90.3 Å². The molecule has 1 aromatic carbocycles. The van der Waals surface area contributed by atoms with E-state index in [0.717, 1.165) is 49.7 Å². The molecular weight excluding hydrogens is 418 g/mol. The van der Waals surface area contributed by atoms with Gasteiger partial charge in [-0.2, -0.15) is 0 Å². The highest BCUT2D eigenvalue weighted by Gasteiger charge is 2.32. The SMILES string of the molecule is CCCCCCN(C(=O)CNC(=O)OC(C)(C)C)C(C(=O)NCCCC)c1ccccc1C. The molecule has 7 nitrogen and oxygen atoms in total. The first kappa shape index (κ1) is 28.5. The van der Waals surface area contributed by atoms with E-state index in [0.29, 0.717) is 13.1 Å². The average molecular weight is 462 g/mol. The van der Waals surface area contributed by atoms with Gasteiger partial charge >= 0.3 is 6.09 Å². The topological polar surface area (TPSA) is 87.7 Å². The van der Waals surface area contributed by atoms with Gasteiger partial charge in [0.1, 0.15) is 18.2 Å². The van der Waals surface area contributed by atoms with E-state index in [4.69, 9.17) is 4.74 Å². The zero-order valence-electron chi connectivity index (χ0n) is 21.3. The normalized spacial score (nSPS) is 12.1. The molecule has 0 heterocycles. The van der Waals surface area contributed by atoms with Crippen molar-refractivity contribution in [1.29, 1.82) is 0 Å².